The largest absolute Gasteiger partial charge is 0.379 e. The molecule has 0 spiro atoms. The van der Waals surface area contributed by atoms with Crippen molar-refractivity contribution in [2.75, 3.05) is 14.2 Å². The Morgan fingerprint density at radius 1 is 0.622 bits per heavy atom. The van der Waals surface area contributed by atoms with Crippen LogP contribution in [0.3, 0.4) is 0 Å². The normalized spacial score (nSPS) is 16.4. The second-order valence-corrected chi connectivity index (χ2v) is 15.6. The number of methoxy groups -OCH3 is 2. The third kappa shape index (κ3) is 25.3. The van der Waals surface area contributed by atoms with Crippen LogP contribution in [0.15, 0.2) is 47.6 Å². The van der Waals surface area contributed by atoms with Crippen molar-refractivity contribution in [1.82, 2.24) is 0 Å². The van der Waals surface area contributed by atoms with E-state index in [1.807, 2.05) is 27.9 Å². The lowest BCUT2D eigenvalue weighted by molar-refractivity contribution is -0.116. The van der Waals surface area contributed by atoms with E-state index in [9.17, 15) is 4.79 Å². The second kappa shape index (κ2) is 24.7. The first-order valence-corrected chi connectivity index (χ1v) is 18.4. The fraction of sp³-hybridized carbons (Fsp3) is 0.786. The topological polar surface area (TPSA) is 35.5 Å². The van der Waals surface area contributed by atoms with Gasteiger partial charge in [0.1, 0.15) is 0 Å². The third-order valence-electron chi connectivity index (χ3n) is 9.81. The van der Waals surface area contributed by atoms with Crippen LogP contribution in [0, 0.1) is 23.7 Å². The minimum absolute atomic E-state index is 0.00137. The molecule has 45 heavy (non-hydrogen) atoms. The summed E-state index contributed by atoms with van der Waals surface area (Å²) in [4.78, 5) is 12.4. The number of ether oxygens (including phenoxy) is 2. The van der Waals surface area contributed by atoms with Crippen LogP contribution in [-0.2, 0) is 14.3 Å². The number of hydrogen-bond acceptors (Lipinski definition) is 3. The molecule has 0 aromatic rings. The smallest absolute Gasteiger partial charge is 0.158 e. The van der Waals surface area contributed by atoms with Gasteiger partial charge in [0.25, 0.3) is 0 Å². The highest BCUT2D eigenvalue weighted by molar-refractivity contribution is 5.94. The van der Waals surface area contributed by atoms with Crippen molar-refractivity contribution in [1.29, 1.82) is 0 Å². The third-order valence-corrected chi connectivity index (χ3v) is 9.81. The summed E-state index contributed by atoms with van der Waals surface area (Å²) in [5, 5.41) is 0. The summed E-state index contributed by atoms with van der Waals surface area (Å²) in [5.41, 5.74) is 2.22. The van der Waals surface area contributed by atoms with Crippen LogP contribution in [0.2, 0.25) is 0 Å². The van der Waals surface area contributed by atoms with E-state index in [4.69, 9.17) is 9.47 Å². The number of carbonyl (C=O) groups excluding carboxylic acids is 1. The Labute approximate surface area is 281 Å². The number of carbonyl (C=O) groups is 1. The first-order valence-electron chi connectivity index (χ1n) is 18.4. The SMILES string of the molecule is COC(C)(C)CCC/C(C)=C/CCC(C)CCCC(C)/C=C/C=C/C(C)CCCC(C)CC/C=C(\C)C(=O)CCC(C)(C)OC. The van der Waals surface area contributed by atoms with Crippen LogP contribution in [0.25, 0.3) is 0 Å². The van der Waals surface area contributed by atoms with E-state index in [0.29, 0.717) is 24.2 Å². The average molecular weight is 629 g/mol. The van der Waals surface area contributed by atoms with Gasteiger partial charge in [-0.3, -0.25) is 4.79 Å². The standard InChI is InChI=1S/C42H76O3/c1-34(22-15-24-36(3)25-17-27-38(5)29-19-32-41(7,8)44-11)20-13-14-21-35(2)23-16-26-37(4)28-18-30-39(6)40(43)31-33-42(9,10)45-12/h13-14,20-21,27,30,34-37H,15-19,22-26,28-29,31-33H2,1-12H3/b20-13+,21-14+,38-27+,39-30+. The van der Waals surface area contributed by atoms with Crippen molar-refractivity contribution in [3.8, 4) is 0 Å². The highest BCUT2D eigenvalue weighted by Gasteiger charge is 2.18. The van der Waals surface area contributed by atoms with E-state index < -0.39 is 0 Å². The first-order chi connectivity index (χ1) is 21.1. The zero-order chi connectivity index (χ0) is 34.3. The highest BCUT2D eigenvalue weighted by atomic mass is 16.5. The van der Waals surface area contributed by atoms with Crippen molar-refractivity contribution >= 4 is 5.78 Å². The van der Waals surface area contributed by atoms with Gasteiger partial charge in [-0.2, -0.15) is 0 Å². The van der Waals surface area contributed by atoms with Crippen LogP contribution in [0.1, 0.15) is 166 Å². The maximum absolute atomic E-state index is 12.4. The minimum atomic E-state index is -0.231. The van der Waals surface area contributed by atoms with Gasteiger partial charge in [-0.25, -0.2) is 0 Å². The Balaban J connectivity index is 4.07. The van der Waals surface area contributed by atoms with Gasteiger partial charge in [-0.15, -0.1) is 0 Å². The van der Waals surface area contributed by atoms with E-state index in [2.05, 4.69) is 84.9 Å². The molecule has 0 aliphatic rings. The van der Waals surface area contributed by atoms with Crippen LogP contribution in [-0.4, -0.2) is 31.2 Å². The van der Waals surface area contributed by atoms with Gasteiger partial charge in [0.15, 0.2) is 5.78 Å². The van der Waals surface area contributed by atoms with E-state index >= 15 is 0 Å². The van der Waals surface area contributed by atoms with Crippen LogP contribution < -0.4 is 0 Å². The molecule has 0 aromatic carbocycles. The van der Waals surface area contributed by atoms with Gasteiger partial charge in [0.2, 0.25) is 0 Å². The summed E-state index contributed by atoms with van der Waals surface area (Å²) in [6.07, 6.45) is 31.1. The zero-order valence-electron chi connectivity index (χ0n) is 32.1. The van der Waals surface area contributed by atoms with Crippen LogP contribution >= 0.6 is 0 Å². The summed E-state index contributed by atoms with van der Waals surface area (Å²) in [5.74, 6) is 3.01. The van der Waals surface area contributed by atoms with Gasteiger partial charge in [-0.05, 0) is 135 Å². The van der Waals surface area contributed by atoms with Crippen molar-refractivity contribution in [3.63, 3.8) is 0 Å². The molecular weight excluding hydrogens is 552 g/mol. The predicted molar refractivity (Wildman–Crippen MR) is 199 cm³/mol. The molecule has 0 radical (unpaired) electrons. The molecule has 4 unspecified atom stereocenters. The number of rotatable bonds is 27. The van der Waals surface area contributed by atoms with E-state index in [0.717, 1.165) is 37.2 Å². The molecule has 0 rings (SSSR count). The molecule has 0 saturated heterocycles. The number of Topliss-reactive ketones (excluding diaryl/α,β-unsaturated/α-hetero) is 1. The van der Waals surface area contributed by atoms with Gasteiger partial charge in [-0.1, -0.05) is 95.4 Å². The molecular formula is C42H76O3. The van der Waals surface area contributed by atoms with Crippen LogP contribution in [0.4, 0.5) is 0 Å². The first kappa shape index (κ1) is 43.5. The molecule has 0 aliphatic carbocycles. The highest BCUT2D eigenvalue weighted by Crippen LogP contribution is 2.22. The maximum Gasteiger partial charge on any atom is 0.158 e. The Kier molecular flexibility index (Phi) is 23.9. The molecule has 0 saturated carbocycles. The van der Waals surface area contributed by atoms with Crippen molar-refractivity contribution in [2.45, 2.75) is 177 Å². The summed E-state index contributed by atoms with van der Waals surface area (Å²) in [6, 6.07) is 0. The lowest BCUT2D eigenvalue weighted by Gasteiger charge is -2.22. The quantitative estimate of drug-likeness (QED) is 0.0516. The Bertz CT molecular complexity index is 888. The summed E-state index contributed by atoms with van der Waals surface area (Å²) in [6.45, 7) is 22.1. The average Bonchev–Trinajstić information content (AvgIpc) is 2.98. The lowest BCUT2D eigenvalue weighted by Crippen LogP contribution is -2.23. The molecule has 0 aromatic heterocycles. The molecule has 3 nitrogen and oxygen atoms in total. The number of allylic oxidation sites excluding steroid dienone is 8. The zero-order valence-corrected chi connectivity index (χ0v) is 32.1. The molecule has 0 fully saturated rings. The Hall–Kier alpha value is -1.45. The van der Waals surface area contributed by atoms with E-state index in [1.165, 1.54) is 69.8 Å². The van der Waals surface area contributed by atoms with Crippen molar-refractivity contribution in [2.24, 2.45) is 23.7 Å². The summed E-state index contributed by atoms with van der Waals surface area (Å²) in [7, 11) is 3.52. The predicted octanol–water partition coefficient (Wildman–Crippen LogP) is 12.8. The van der Waals surface area contributed by atoms with Crippen molar-refractivity contribution < 1.29 is 14.3 Å². The summed E-state index contributed by atoms with van der Waals surface area (Å²) < 4.78 is 11.0. The van der Waals surface area contributed by atoms with Gasteiger partial charge in [0, 0.05) is 20.6 Å². The van der Waals surface area contributed by atoms with Gasteiger partial charge in [0.05, 0.1) is 11.2 Å². The molecule has 4 atom stereocenters. The van der Waals surface area contributed by atoms with Gasteiger partial charge >= 0.3 is 0 Å². The fourth-order valence-corrected chi connectivity index (χ4v) is 5.59. The molecule has 262 valence electrons. The lowest BCUT2D eigenvalue weighted by atomic mass is 9.94. The number of ketones is 1. The van der Waals surface area contributed by atoms with E-state index in [-0.39, 0.29) is 17.0 Å². The molecule has 0 N–H and O–H groups in total. The number of hydrogen-bond donors (Lipinski definition) is 0. The fourth-order valence-electron chi connectivity index (χ4n) is 5.59. The summed E-state index contributed by atoms with van der Waals surface area (Å²) >= 11 is 0. The second-order valence-electron chi connectivity index (χ2n) is 15.6. The molecule has 3 heteroatoms. The maximum atomic E-state index is 12.4. The van der Waals surface area contributed by atoms with Crippen LogP contribution in [0.5, 0.6) is 0 Å². The van der Waals surface area contributed by atoms with Gasteiger partial charge < -0.3 is 9.47 Å². The Morgan fingerprint density at radius 2 is 1.09 bits per heavy atom. The monoisotopic (exact) mass is 629 g/mol. The molecule has 0 amide bonds. The molecule has 0 aliphatic heterocycles. The van der Waals surface area contributed by atoms with Crippen molar-refractivity contribution in [3.05, 3.63) is 47.6 Å². The molecule has 0 bridgehead atoms. The van der Waals surface area contributed by atoms with E-state index in [1.54, 1.807) is 7.11 Å². The molecule has 0 heterocycles. The Morgan fingerprint density at radius 3 is 1.58 bits per heavy atom. The minimum Gasteiger partial charge on any atom is -0.379 e.